The number of rotatable bonds is 8. The summed E-state index contributed by atoms with van der Waals surface area (Å²) in [6.45, 7) is 13.3. The third kappa shape index (κ3) is 8.76. The van der Waals surface area contributed by atoms with Gasteiger partial charge in [-0.25, -0.2) is 0 Å². The smallest absolute Gasteiger partial charge is 0.247 e. The molecule has 7 rings (SSSR count). The van der Waals surface area contributed by atoms with Crippen LogP contribution in [0.25, 0.3) is 22.3 Å². The molecule has 13 nitrogen and oxygen atoms in total. The summed E-state index contributed by atoms with van der Waals surface area (Å²) in [5.41, 5.74) is 15.1. The lowest BCUT2D eigenvalue weighted by Crippen LogP contribution is -2.37. The zero-order valence-electron chi connectivity index (χ0n) is 30.9. The molecule has 3 aliphatic heterocycles. The zero-order chi connectivity index (χ0) is 36.9. The highest BCUT2D eigenvalue weighted by Crippen LogP contribution is 2.35. The van der Waals surface area contributed by atoms with Gasteiger partial charge in [-0.05, 0) is 109 Å². The quantitative estimate of drug-likeness (QED) is 0.123. The van der Waals surface area contributed by atoms with E-state index in [-0.39, 0.29) is 24.0 Å². The number of aromatic nitrogens is 2. The fourth-order valence-corrected chi connectivity index (χ4v) is 7.30. The molecular weight excluding hydrogens is 662 g/mol. The number of aryl methyl sites for hydroxylation is 4. The molecule has 5 heterocycles. The van der Waals surface area contributed by atoms with Crippen molar-refractivity contribution < 1.29 is 28.1 Å². The van der Waals surface area contributed by atoms with Gasteiger partial charge < -0.3 is 45.5 Å². The van der Waals surface area contributed by atoms with Gasteiger partial charge in [0, 0.05) is 42.8 Å². The summed E-state index contributed by atoms with van der Waals surface area (Å²) in [5.74, 6) is 1.25. The minimum absolute atomic E-state index is 0.0887. The topological polar surface area (TPSA) is 179 Å². The van der Waals surface area contributed by atoms with E-state index in [1.807, 2.05) is 58.0 Å². The van der Waals surface area contributed by atoms with Crippen LogP contribution in [0.15, 0.2) is 45.4 Å². The number of benzene rings is 2. The van der Waals surface area contributed by atoms with Crippen molar-refractivity contribution in [2.24, 2.45) is 0 Å². The minimum Gasteiger partial charge on any atom is -0.397 e. The summed E-state index contributed by atoms with van der Waals surface area (Å²) in [5, 5.41) is 20.9. The van der Waals surface area contributed by atoms with E-state index >= 15 is 0 Å². The first-order valence-electron chi connectivity index (χ1n) is 18.2. The summed E-state index contributed by atoms with van der Waals surface area (Å²) in [7, 11) is 0. The maximum absolute atomic E-state index is 12.8. The Morgan fingerprint density at radius 2 is 1.31 bits per heavy atom. The fourth-order valence-electron chi connectivity index (χ4n) is 7.30. The number of nitrogen functional groups attached to an aromatic ring is 1. The van der Waals surface area contributed by atoms with E-state index < -0.39 is 6.04 Å². The highest BCUT2D eigenvalue weighted by Gasteiger charge is 2.28. The van der Waals surface area contributed by atoms with Gasteiger partial charge in [-0.1, -0.05) is 22.4 Å². The Balaban J connectivity index is 0.000000187. The fraction of sp³-hybridized carbons (Fsp3) is 0.487. The molecule has 4 unspecified atom stereocenters. The molecule has 3 fully saturated rings. The number of hydrogen-bond acceptors (Lipinski definition) is 11. The van der Waals surface area contributed by atoms with Crippen molar-refractivity contribution in [3.05, 3.63) is 59.3 Å². The molecular formula is C39H51N7O6. The predicted octanol–water partition coefficient (Wildman–Crippen LogP) is 6.67. The molecule has 0 radical (unpaired) electrons. The van der Waals surface area contributed by atoms with Crippen molar-refractivity contribution in [1.82, 2.24) is 15.6 Å². The molecule has 0 saturated carbocycles. The lowest BCUT2D eigenvalue weighted by molar-refractivity contribution is -0.122. The van der Waals surface area contributed by atoms with Crippen LogP contribution in [-0.2, 0) is 19.1 Å². The van der Waals surface area contributed by atoms with E-state index in [2.05, 4.69) is 51.5 Å². The molecule has 52 heavy (non-hydrogen) atoms. The second kappa shape index (κ2) is 16.2. The third-order valence-electron chi connectivity index (χ3n) is 9.97. The average Bonchev–Trinajstić information content (AvgIpc) is 3.80. The SMILES string of the molecule is Cc1noc(C)c1-c1ccc(NC2CCOC(C)C2)c(N)c1.Cc1noc(C)c1-c1ccc(NC2CCOC(C)C2)c(NC(=O)[C@@H]2CCC(=O)N2)c1. The molecule has 0 bridgehead atoms. The molecule has 4 aromatic rings. The van der Waals surface area contributed by atoms with Crippen molar-refractivity contribution >= 4 is 34.6 Å². The second-order valence-electron chi connectivity index (χ2n) is 14.2. The first-order valence-corrected chi connectivity index (χ1v) is 18.2. The maximum atomic E-state index is 12.8. The van der Waals surface area contributed by atoms with Gasteiger partial charge in [0.1, 0.15) is 17.6 Å². The molecule has 6 N–H and O–H groups in total. The number of carbonyl (C=O) groups excluding carboxylic acids is 2. The summed E-state index contributed by atoms with van der Waals surface area (Å²) >= 11 is 0. The summed E-state index contributed by atoms with van der Waals surface area (Å²) in [6, 6.07) is 12.2. The standard InChI is InChI=1S/C22H28N4O4.C17H23N3O2/c1-12-10-16(8-9-29-12)23-17-5-4-15(21-13(2)26-30-14(21)3)11-19(17)25-22(28)18-6-7-20(27)24-18;1-10-8-14(6-7-21-10)19-16-5-4-13(9-15(16)18)17-11(2)20-22-12(17)3/h4-5,11-12,16,18,23H,6-10H2,1-3H3,(H,24,27)(H,25,28);4-5,9-10,14,19H,6-8,18H2,1-3H3/t12?,16?,18-;/m0./s1. The molecule has 13 heteroatoms. The largest absolute Gasteiger partial charge is 0.397 e. The van der Waals surface area contributed by atoms with Crippen molar-refractivity contribution in [2.45, 2.75) is 110 Å². The van der Waals surface area contributed by atoms with E-state index in [4.69, 9.17) is 24.3 Å². The highest BCUT2D eigenvalue weighted by molar-refractivity contribution is 6.01. The maximum Gasteiger partial charge on any atom is 0.247 e. The lowest BCUT2D eigenvalue weighted by atomic mass is 10.0. The van der Waals surface area contributed by atoms with Gasteiger partial charge >= 0.3 is 0 Å². The van der Waals surface area contributed by atoms with Crippen molar-refractivity contribution in [3.8, 4) is 22.3 Å². The Morgan fingerprint density at radius 3 is 1.79 bits per heavy atom. The van der Waals surface area contributed by atoms with Crippen LogP contribution >= 0.6 is 0 Å². The predicted molar refractivity (Wildman–Crippen MR) is 201 cm³/mol. The van der Waals surface area contributed by atoms with Crippen LogP contribution in [0.4, 0.5) is 22.7 Å². The number of carbonyl (C=O) groups is 2. The van der Waals surface area contributed by atoms with Crippen molar-refractivity contribution in [3.63, 3.8) is 0 Å². The number of anilines is 4. The molecule has 2 aromatic carbocycles. The monoisotopic (exact) mass is 713 g/mol. The van der Waals surface area contributed by atoms with Gasteiger partial charge in [0.05, 0.1) is 46.3 Å². The van der Waals surface area contributed by atoms with E-state index in [1.165, 1.54) is 0 Å². The van der Waals surface area contributed by atoms with Gasteiger partial charge in [-0.2, -0.15) is 0 Å². The number of nitrogens with one attached hydrogen (secondary N) is 4. The van der Waals surface area contributed by atoms with E-state index in [1.54, 1.807) is 0 Å². The molecule has 0 aliphatic carbocycles. The Kier molecular flexibility index (Phi) is 11.5. The summed E-state index contributed by atoms with van der Waals surface area (Å²) in [4.78, 5) is 24.3. The first-order chi connectivity index (χ1) is 24.9. The highest BCUT2D eigenvalue weighted by atomic mass is 16.5. The first kappa shape index (κ1) is 36.9. The Bertz CT molecular complexity index is 1850. The van der Waals surface area contributed by atoms with Crippen LogP contribution in [0.3, 0.4) is 0 Å². The molecule has 0 spiro atoms. The second-order valence-corrected chi connectivity index (χ2v) is 14.2. The normalized spacial score (nSPS) is 23.0. The van der Waals surface area contributed by atoms with Gasteiger partial charge in [0.2, 0.25) is 11.8 Å². The number of nitrogens with zero attached hydrogens (tertiary/aromatic N) is 2. The Morgan fingerprint density at radius 1 is 0.769 bits per heavy atom. The van der Waals surface area contributed by atoms with Crippen LogP contribution in [0, 0.1) is 27.7 Å². The molecule has 2 aromatic heterocycles. The number of nitrogens with two attached hydrogens (primary N) is 1. The van der Waals surface area contributed by atoms with Gasteiger partial charge in [-0.15, -0.1) is 0 Å². The van der Waals surface area contributed by atoms with E-state index in [0.29, 0.717) is 37.3 Å². The lowest BCUT2D eigenvalue weighted by Gasteiger charge is -2.29. The van der Waals surface area contributed by atoms with Crippen LogP contribution in [-0.4, -0.2) is 65.7 Å². The number of hydrogen-bond donors (Lipinski definition) is 5. The van der Waals surface area contributed by atoms with Gasteiger partial charge in [-0.3, -0.25) is 9.59 Å². The van der Waals surface area contributed by atoms with Gasteiger partial charge in [0.25, 0.3) is 0 Å². The number of ether oxygens (including phenoxy) is 2. The van der Waals surface area contributed by atoms with Crippen molar-refractivity contribution in [2.75, 3.05) is 34.9 Å². The average molecular weight is 714 g/mol. The molecule has 3 aliphatic rings. The van der Waals surface area contributed by atoms with Crippen LogP contribution in [0.2, 0.25) is 0 Å². The van der Waals surface area contributed by atoms with Crippen LogP contribution in [0.5, 0.6) is 0 Å². The number of amides is 2. The molecule has 278 valence electrons. The molecule has 2 amide bonds. The van der Waals surface area contributed by atoms with Crippen molar-refractivity contribution in [1.29, 1.82) is 0 Å². The van der Waals surface area contributed by atoms with E-state index in [0.717, 1.165) is 94.5 Å². The van der Waals surface area contributed by atoms with Gasteiger partial charge in [0.15, 0.2) is 0 Å². The third-order valence-corrected chi connectivity index (χ3v) is 9.97. The zero-order valence-corrected chi connectivity index (χ0v) is 30.9. The molecule has 3 saturated heterocycles. The Labute approximate surface area is 304 Å². The van der Waals surface area contributed by atoms with E-state index in [9.17, 15) is 9.59 Å². The minimum atomic E-state index is -0.504. The summed E-state index contributed by atoms with van der Waals surface area (Å²) in [6.07, 6.45) is 5.20. The Hall–Kier alpha value is -4.88. The van der Waals surface area contributed by atoms with Crippen LogP contribution < -0.4 is 27.0 Å². The van der Waals surface area contributed by atoms with Crippen LogP contribution in [0.1, 0.15) is 75.3 Å². The molecule has 5 atom stereocenters. The summed E-state index contributed by atoms with van der Waals surface area (Å²) < 4.78 is 21.8.